The molecule has 0 aliphatic carbocycles. The van der Waals surface area contributed by atoms with E-state index in [4.69, 9.17) is 14.2 Å². The monoisotopic (exact) mass is 1060 g/mol. The third-order valence-electron chi connectivity index (χ3n) is 14.2. The Bertz CT molecular complexity index is 1450. The maximum absolute atomic E-state index is 12.9. The van der Waals surface area contributed by atoms with Crippen molar-refractivity contribution in [3.05, 3.63) is 85.1 Å². The number of hydrogen-bond acceptors (Lipinski definition) is 6. The van der Waals surface area contributed by atoms with Gasteiger partial charge in [-0.25, -0.2) is 0 Å². The van der Waals surface area contributed by atoms with Crippen molar-refractivity contribution in [2.24, 2.45) is 0 Å². The second-order valence-electron chi connectivity index (χ2n) is 21.7. The highest BCUT2D eigenvalue weighted by molar-refractivity contribution is 5.71. The second-order valence-corrected chi connectivity index (χ2v) is 21.7. The fourth-order valence-electron chi connectivity index (χ4n) is 9.31. The quantitative estimate of drug-likeness (QED) is 0.0261. The molecule has 0 radical (unpaired) electrons. The second kappa shape index (κ2) is 64.1. The van der Waals surface area contributed by atoms with Crippen molar-refractivity contribution in [3.63, 3.8) is 0 Å². The van der Waals surface area contributed by atoms with Crippen LogP contribution in [0.1, 0.15) is 323 Å². The lowest BCUT2D eigenvalue weighted by molar-refractivity contribution is -0.167. The van der Waals surface area contributed by atoms with Crippen molar-refractivity contribution in [3.8, 4) is 0 Å². The van der Waals surface area contributed by atoms with Gasteiger partial charge in [0.1, 0.15) is 13.2 Å². The predicted molar refractivity (Wildman–Crippen MR) is 330 cm³/mol. The van der Waals surface area contributed by atoms with Crippen LogP contribution in [0, 0.1) is 0 Å². The summed E-state index contributed by atoms with van der Waals surface area (Å²) < 4.78 is 16.8. The predicted octanol–water partition coefficient (Wildman–Crippen LogP) is 22.3. The molecule has 0 spiro atoms. The summed E-state index contributed by atoms with van der Waals surface area (Å²) in [6.45, 7) is 6.50. The fraction of sp³-hybridized carbons (Fsp3) is 0.757. The molecule has 438 valence electrons. The summed E-state index contributed by atoms with van der Waals surface area (Å²) in [7, 11) is 0. The number of hydrogen-bond donors (Lipinski definition) is 0. The zero-order valence-corrected chi connectivity index (χ0v) is 50.3. The summed E-state index contributed by atoms with van der Waals surface area (Å²) in [5.74, 6) is -0.893. The summed E-state index contributed by atoms with van der Waals surface area (Å²) in [6, 6.07) is 0. The van der Waals surface area contributed by atoms with Gasteiger partial charge in [0.25, 0.3) is 0 Å². The van der Waals surface area contributed by atoms with E-state index in [9.17, 15) is 14.4 Å². The van der Waals surface area contributed by atoms with Crippen molar-refractivity contribution in [1.29, 1.82) is 0 Å². The average molecular weight is 1060 g/mol. The first-order valence-electron chi connectivity index (χ1n) is 32.6. The van der Waals surface area contributed by atoms with Gasteiger partial charge in [0.05, 0.1) is 0 Å². The third kappa shape index (κ3) is 61.4. The molecule has 0 rings (SSSR count). The SMILES string of the molecule is CC/C=C\C/C=C\C/C=C\C/C=C\C/C=C\C/C=C\C/C=C\CCCCCCCC(=O)OCC(COC(=O)CCCCCCCCC)OC(=O)CCCCCCCCCCCCCCCCCCCCCCCCCC. The van der Waals surface area contributed by atoms with E-state index >= 15 is 0 Å². The molecule has 6 heteroatoms. The first kappa shape index (κ1) is 72.6. The highest BCUT2D eigenvalue weighted by atomic mass is 16.6. The maximum Gasteiger partial charge on any atom is 0.306 e. The van der Waals surface area contributed by atoms with Crippen LogP contribution < -0.4 is 0 Å². The molecular weight excluding hydrogens is 937 g/mol. The Kier molecular flexibility index (Phi) is 61.2. The lowest BCUT2D eigenvalue weighted by Crippen LogP contribution is -2.30. The number of allylic oxidation sites excluding steroid dienone is 14. The van der Waals surface area contributed by atoms with Gasteiger partial charge in [-0.3, -0.25) is 14.4 Å². The van der Waals surface area contributed by atoms with E-state index in [0.717, 1.165) is 122 Å². The fourth-order valence-corrected chi connectivity index (χ4v) is 9.31. The third-order valence-corrected chi connectivity index (χ3v) is 14.2. The largest absolute Gasteiger partial charge is 0.462 e. The van der Waals surface area contributed by atoms with Gasteiger partial charge in [-0.05, 0) is 77.0 Å². The summed E-state index contributed by atoms with van der Waals surface area (Å²) in [5.41, 5.74) is 0. The van der Waals surface area contributed by atoms with Gasteiger partial charge in [0, 0.05) is 19.3 Å². The maximum atomic E-state index is 12.9. The van der Waals surface area contributed by atoms with Gasteiger partial charge in [0.15, 0.2) is 6.10 Å². The Labute approximate surface area is 471 Å². The molecule has 76 heavy (non-hydrogen) atoms. The number of rotatable bonds is 59. The standard InChI is InChI=1S/C70H122O6/c1-4-7-10-13-16-18-20-22-24-26-28-30-32-34-35-36-38-39-41-43-45-47-49-51-54-57-60-63-69(72)75-66-67(65-74-68(71)62-59-56-53-15-12-9-6-3)76-70(73)64-61-58-55-52-50-48-46-44-42-40-37-33-31-29-27-25-23-21-19-17-14-11-8-5-2/h7,10,16,18,22,24,28,30,34-35,38-39,43,45,67H,4-6,8-9,11-15,17,19-21,23,25-27,29,31-33,36-37,40-42,44,46-66H2,1-3H3/b10-7-,18-16-,24-22-,30-28-,35-34-,39-38-,45-43-. The van der Waals surface area contributed by atoms with E-state index in [1.165, 1.54) is 161 Å². The smallest absolute Gasteiger partial charge is 0.306 e. The molecule has 0 aromatic rings. The van der Waals surface area contributed by atoms with E-state index in [1.807, 2.05) is 0 Å². The lowest BCUT2D eigenvalue weighted by atomic mass is 10.0. The van der Waals surface area contributed by atoms with Crippen LogP contribution >= 0.6 is 0 Å². The number of esters is 3. The minimum Gasteiger partial charge on any atom is -0.462 e. The van der Waals surface area contributed by atoms with Gasteiger partial charge in [0.2, 0.25) is 0 Å². The van der Waals surface area contributed by atoms with E-state index in [0.29, 0.717) is 19.3 Å². The van der Waals surface area contributed by atoms with Gasteiger partial charge in [-0.2, -0.15) is 0 Å². The molecule has 0 aromatic heterocycles. The summed E-state index contributed by atoms with van der Waals surface area (Å²) >= 11 is 0. The highest BCUT2D eigenvalue weighted by Crippen LogP contribution is 2.17. The Morgan fingerprint density at radius 1 is 0.276 bits per heavy atom. The topological polar surface area (TPSA) is 78.9 Å². The Morgan fingerprint density at radius 2 is 0.513 bits per heavy atom. The van der Waals surface area contributed by atoms with Crippen LogP contribution in [0.4, 0.5) is 0 Å². The van der Waals surface area contributed by atoms with Crippen LogP contribution in [0.3, 0.4) is 0 Å². The minimum absolute atomic E-state index is 0.0797. The van der Waals surface area contributed by atoms with Gasteiger partial charge < -0.3 is 14.2 Å². The molecule has 0 heterocycles. The molecule has 6 nitrogen and oxygen atoms in total. The number of carbonyl (C=O) groups excluding carboxylic acids is 3. The average Bonchev–Trinajstić information content (AvgIpc) is 3.42. The van der Waals surface area contributed by atoms with E-state index in [1.54, 1.807) is 0 Å². The molecule has 0 bridgehead atoms. The summed E-state index contributed by atoms with van der Waals surface area (Å²) in [5, 5.41) is 0. The molecule has 0 aliphatic rings. The normalized spacial score (nSPS) is 12.6. The van der Waals surface area contributed by atoms with Crippen LogP contribution in [0.2, 0.25) is 0 Å². The first-order chi connectivity index (χ1) is 37.5. The van der Waals surface area contributed by atoms with E-state index < -0.39 is 6.10 Å². The number of ether oxygens (including phenoxy) is 3. The van der Waals surface area contributed by atoms with Crippen molar-refractivity contribution >= 4 is 17.9 Å². The zero-order chi connectivity index (χ0) is 55.0. The van der Waals surface area contributed by atoms with Crippen molar-refractivity contribution in [2.75, 3.05) is 13.2 Å². The highest BCUT2D eigenvalue weighted by Gasteiger charge is 2.19. The van der Waals surface area contributed by atoms with Crippen molar-refractivity contribution in [2.45, 2.75) is 329 Å². The molecular formula is C70H122O6. The van der Waals surface area contributed by atoms with Crippen molar-refractivity contribution < 1.29 is 28.6 Å². The molecule has 1 atom stereocenters. The Hall–Kier alpha value is -3.41. The van der Waals surface area contributed by atoms with Crippen LogP contribution in [0.5, 0.6) is 0 Å². The van der Waals surface area contributed by atoms with Crippen LogP contribution in [0.25, 0.3) is 0 Å². The van der Waals surface area contributed by atoms with E-state index in [-0.39, 0.29) is 31.1 Å². The van der Waals surface area contributed by atoms with Gasteiger partial charge in [-0.1, -0.05) is 311 Å². The zero-order valence-electron chi connectivity index (χ0n) is 50.3. The molecule has 0 aliphatic heterocycles. The minimum atomic E-state index is -0.781. The number of carbonyl (C=O) groups is 3. The Morgan fingerprint density at radius 3 is 0.803 bits per heavy atom. The molecule has 0 saturated heterocycles. The summed E-state index contributed by atoms with van der Waals surface area (Å²) in [6.07, 6.45) is 84.8. The molecule has 0 saturated carbocycles. The molecule has 1 unspecified atom stereocenters. The van der Waals surface area contributed by atoms with E-state index in [2.05, 4.69) is 106 Å². The summed E-state index contributed by atoms with van der Waals surface area (Å²) in [4.78, 5) is 38.1. The Balaban J connectivity index is 4.17. The van der Waals surface area contributed by atoms with Crippen LogP contribution in [0.15, 0.2) is 85.1 Å². The number of unbranched alkanes of at least 4 members (excludes halogenated alkanes) is 34. The van der Waals surface area contributed by atoms with Crippen LogP contribution in [-0.4, -0.2) is 37.2 Å². The van der Waals surface area contributed by atoms with Gasteiger partial charge in [-0.15, -0.1) is 0 Å². The van der Waals surface area contributed by atoms with Crippen LogP contribution in [-0.2, 0) is 28.6 Å². The molecule has 0 amide bonds. The van der Waals surface area contributed by atoms with Gasteiger partial charge >= 0.3 is 17.9 Å². The molecule has 0 fully saturated rings. The first-order valence-corrected chi connectivity index (χ1v) is 32.6. The molecule has 0 N–H and O–H groups in total. The molecule has 0 aromatic carbocycles. The lowest BCUT2D eigenvalue weighted by Gasteiger charge is -2.18. The van der Waals surface area contributed by atoms with Crippen molar-refractivity contribution in [1.82, 2.24) is 0 Å².